The first kappa shape index (κ1) is 16.6. The van der Waals surface area contributed by atoms with Crippen LogP contribution in [0.25, 0.3) is 0 Å². The van der Waals surface area contributed by atoms with Crippen LogP contribution in [-0.2, 0) is 7.59 Å². The van der Waals surface area contributed by atoms with Crippen LogP contribution in [0.5, 0.6) is 0 Å². The summed E-state index contributed by atoms with van der Waals surface area (Å²) in [7, 11) is 0. The van der Waals surface area contributed by atoms with Crippen LogP contribution >= 0.6 is 92.8 Å². The second kappa shape index (κ2) is 5.89. The average molecular weight is 396 g/mol. The lowest BCUT2D eigenvalue weighted by molar-refractivity contribution is 1.14. The van der Waals surface area contributed by atoms with Crippen LogP contribution in [0.3, 0.4) is 0 Å². The van der Waals surface area contributed by atoms with E-state index >= 15 is 0 Å². The maximum absolute atomic E-state index is 5.77. The van der Waals surface area contributed by atoms with Gasteiger partial charge in [0.1, 0.15) is 4.84 Å². The molecule has 0 atom stereocenters. The van der Waals surface area contributed by atoms with Crippen molar-refractivity contribution in [3.63, 3.8) is 0 Å². The summed E-state index contributed by atoms with van der Waals surface area (Å²) in [6.07, 6.45) is 0. The Balaban J connectivity index is 3.40. The SMILES string of the molecule is ClC(Cl)c1cc(C(Cl)(Cl)Cl)cc(C(Cl)(Cl)Cl)c1. The number of rotatable bonds is 1. The summed E-state index contributed by atoms with van der Waals surface area (Å²) in [5.74, 6) is 0. The van der Waals surface area contributed by atoms with Gasteiger partial charge in [-0.2, -0.15) is 0 Å². The fourth-order valence-electron chi connectivity index (χ4n) is 1.10. The van der Waals surface area contributed by atoms with Gasteiger partial charge in [0.15, 0.2) is 0 Å². The van der Waals surface area contributed by atoms with E-state index < -0.39 is 12.4 Å². The summed E-state index contributed by atoms with van der Waals surface area (Å²) in [4.78, 5) is -0.812. The molecule has 0 aromatic heterocycles. The molecule has 0 fully saturated rings. The highest BCUT2D eigenvalue weighted by atomic mass is 35.6. The zero-order chi connectivity index (χ0) is 13.4. The van der Waals surface area contributed by atoms with Crippen LogP contribution in [0, 0.1) is 0 Å². The second-order valence-corrected chi connectivity index (χ2v) is 8.80. The average Bonchev–Trinajstić information content (AvgIpc) is 2.14. The predicted octanol–water partition coefficient (Wildman–Crippen LogP) is 6.82. The van der Waals surface area contributed by atoms with Gasteiger partial charge in [-0.1, -0.05) is 69.6 Å². The molecule has 1 aromatic carbocycles. The van der Waals surface area contributed by atoms with Crippen molar-refractivity contribution < 1.29 is 0 Å². The molecule has 0 heterocycles. The first-order valence-corrected chi connectivity index (χ1v) is 7.23. The monoisotopic (exact) mass is 392 g/mol. The first-order valence-electron chi connectivity index (χ1n) is 4.09. The molecular formula is C9H4Cl8. The molecule has 0 spiro atoms. The van der Waals surface area contributed by atoms with Crippen molar-refractivity contribution in [2.75, 3.05) is 0 Å². The van der Waals surface area contributed by atoms with Crippen LogP contribution in [0.1, 0.15) is 21.5 Å². The van der Waals surface area contributed by atoms with Crippen molar-refractivity contribution in [1.29, 1.82) is 0 Å². The van der Waals surface area contributed by atoms with E-state index in [1.165, 1.54) is 18.2 Å². The number of hydrogen-bond donors (Lipinski definition) is 0. The van der Waals surface area contributed by atoms with Gasteiger partial charge < -0.3 is 0 Å². The standard InChI is InChI=1S/C9H4Cl8/c10-7(11)4-1-5(8(12,13)14)3-6(2-4)9(15,16)17/h1-3,7H. The molecule has 8 heteroatoms. The van der Waals surface area contributed by atoms with Gasteiger partial charge in [-0.25, -0.2) is 0 Å². The van der Waals surface area contributed by atoms with Gasteiger partial charge in [0.25, 0.3) is 0 Å². The van der Waals surface area contributed by atoms with Gasteiger partial charge in [0, 0.05) is 11.1 Å². The van der Waals surface area contributed by atoms with E-state index in [4.69, 9.17) is 92.8 Å². The highest BCUT2D eigenvalue weighted by molar-refractivity contribution is 6.67. The lowest BCUT2D eigenvalue weighted by Crippen LogP contribution is -2.07. The number of benzene rings is 1. The number of alkyl halides is 8. The zero-order valence-corrected chi connectivity index (χ0v) is 13.9. The third-order valence-corrected chi connectivity index (χ3v) is 3.68. The van der Waals surface area contributed by atoms with Gasteiger partial charge in [-0.05, 0) is 23.8 Å². The van der Waals surface area contributed by atoms with Gasteiger partial charge in [0.05, 0.1) is 0 Å². The molecule has 0 nitrogen and oxygen atoms in total. The smallest absolute Gasteiger partial charge is 0.100 e. The van der Waals surface area contributed by atoms with Gasteiger partial charge in [-0.15, -0.1) is 23.2 Å². The molecule has 0 aliphatic heterocycles. The third kappa shape index (κ3) is 4.85. The summed E-state index contributed by atoms with van der Waals surface area (Å²) in [6.45, 7) is 0. The second-order valence-electron chi connectivity index (χ2n) is 3.14. The van der Waals surface area contributed by atoms with E-state index in [9.17, 15) is 0 Å². The van der Waals surface area contributed by atoms with E-state index in [0.29, 0.717) is 16.7 Å². The number of hydrogen-bond acceptors (Lipinski definition) is 0. The van der Waals surface area contributed by atoms with Gasteiger partial charge in [-0.3, -0.25) is 0 Å². The highest BCUT2D eigenvalue weighted by Gasteiger charge is 2.29. The minimum absolute atomic E-state index is 0.327. The van der Waals surface area contributed by atoms with Crippen molar-refractivity contribution >= 4 is 92.8 Å². The molecule has 0 aliphatic carbocycles. The molecule has 0 saturated carbocycles. The molecule has 0 saturated heterocycles. The van der Waals surface area contributed by atoms with Crippen LogP contribution in [0.4, 0.5) is 0 Å². The van der Waals surface area contributed by atoms with Crippen molar-refractivity contribution in [3.8, 4) is 0 Å². The van der Waals surface area contributed by atoms with Crippen LogP contribution in [0.2, 0.25) is 0 Å². The summed E-state index contributed by atoms with van der Waals surface area (Å²) < 4.78 is -3.30. The topological polar surface area (TPSA) is 0 Å². The summed E-state index contributed by atoms with van der Waals surface area (Å²) in [6, 6.07) is 4.55. The molecular weight excluding hydrogens is 392 g/mol. The predicted molar refractivity (Wildman–Crippen MR) is 79.4 cm³/mol. The Labute approximate surface area is 139 Å². The fourth-order valence-corrected chi connectivity index (χ4v) is 2.01. The molecule has 0 unspecified atom stereocenters. The minimum Gasteiger partial charge on any atom is -0.100 e. The van der Waals surface area contributed by atoms with Crippen molar-refractivity contribution in [1.82, 2.24) is 0 Å². The zero-order valence-electron chi connectivity index (χ0n) is 7.83. The largest absolute Gasteiger partial charge is 0.216 e. The lowest BCUT2D eigenvalue weighted by atomic mass is 10.1. The van der Waals surface area contributed by atoms with Crippen molar-refractivity contribution in [2.24, 2.45) is 0 Å². The van der Waals surface area contributed by atoms with E-state index in [0.717, 1.165) is 0 Å². The summed E-state index contributed by atoms with van der Waals surface area (Å²) in [5, 5.41) is 0. The first-order chi connectivity index (χ1) is 7.51. The van der Waals surface area contributed by atoms with Crippen LogP contribution in [-0.4, -0.2) is 0 Å². The molecule has 1 aromatic rings. The highest BCUT2D eigenvalue weighted by Crippen LogP contribution is 2.45. The molecule has 0 aliphatic rings. The summed E-state index contributed by atoms with van der Waals surface area (Å²) in [5.41, 5.74) is 1.14. The molecule has 96 valence electrons. The Morgan fingerprint density at radius 3 is 1.29 bits per heavy atom. The van der Waals surface area contributed by atoms with Crippen molar-refractivity contribution in [2.45, 2.75) is 12.4 Å². The molecule has 0 bridgehead atoms. The van der Waals surface area contributed by atoms with Gasteiger partial charge >= 0.3 is 0 Å². The van der Waals surface area contributed by atoms with E-state index in [1.54, 1.807) is 0 Å². The van der Waals surface area contributed by atoms with Gasteiger partial charge in [0.2, 0.25) is 7.59 Å². The quantitative estimate of drug-likeness (QED) is 0.458. The van der Waals surface area contributed by atoms with E-state index in [2.05, 4.69) is 0 Å². The Morgan fingerprint density at radius 1 is 0.706 bits per heavy atom. The fraction of sp³-hybridized carbons (Fsp3) is 0.333. The maximum Gasteiger partial charge on any atom is 0.216 e. The normalized spacial score (nSPS) is 13.2. The Kier molecular flexibility index (Phi) is 5.75. The Hall–Kier alpha value is 1.54. The molecule has 17 heavy (non-hydrogen) atoms. The van der Waals surface area contributed by atoms with E-state index in [-0.39, 0.29) is 0 Å². The van der Waals surface area contributed by atoms with Crippen molar-refractivity contribution in [3.05, 3.63) is 34.9 Å². The number of halogens is 8. The van der Waals surface area contributed by atoms with Crippen LogP contribution in [0.15, 0.2) is 18.2 Å². The Morgan fingerprint density at radius 2 is 1.06 bits per heavy atom. The minimum atomic E-state index is -1.65. The Bertz CT molecular complexity index is 368. The summed E-state index contributed by atoms with van der Waals surface area (Å²) >= 11 is 46.1. The molecule has 0 N–H and O–H groups in total. The maximum atomic E-state index is 5.77. The molecule has 0 amide bonds. The lowest BCUT2D eigenvalue weighted by Gasteiger charge is -2.19. The molecule has 0 radical (unpaired) electrons. The molecule has 1 rings (SSSR count). The third-order valence-electron chi connectivity index (χ3n) is 1.86. The van der Waals surface area contributed by atoms with E-state index in [1.807, 2.05) is 0 Å². The van der Waals surface area contributed by atoms with Crippen LogP contribution < -0.4 is 0 Å².